The first kappa shape index (κ1) is 9.98. The lowest BCUT2D eigenvalue weighted by atomic mass is 10.2. The van der Waals surface area contributed by atoms with Gasteiger partial charge in [-0.05, 0) is 6.92 Å². The number of halogens is 3. The highest BCUT2D eigenvalue weighted by Gasteiger charge is 2.14. The normalized spacial score (nSPS) is 10.9. The van der Waals surface area contributed by atoms with Crippen molar-refractivity contribution in [1.82, 2.24) is 4.98 Å². The van der Waals surface area contributed by atoms with Crippen LogP contribution in [0.15, 0.2) is 6.07 Å². The van der Waals surface area contributed by atoms with E-state index >= 15 is 0 Å². The summed E-state index contributed by atoms with van der Waals surface area (Å²) in [6.45, 7) is 0.840. The molecule has 0 amide bonds. The van der Waals surface area contributed by atoms with Gasteiger partial charge in [0, 0.05) is 11.6 Å². The number of rotatable bonds is 2. The molecule has 1 aromatic rings. The molecule has 0 radical (unpaired) electrons. The lowest BCUT2D eigenvalue weighted by Gasteiger charge is -2.06. The third-order valence-corrected chi connectivity index (χ3v) is 1.70. The molecule has 0 saturated heterocycles. The highest BCUT2D eigenvalue weighted by molar-refractivity contribution is 5.23. The molecule has 0 atom stereocenters. The zero-order valence-corrected chi connectivity index (χ0v) is 6.89. The van der Waals surface area contributed by atoms with E-state index in [1.54, 1.807) is 0 Å². The summed E-state index contributed by atoms with van der Waals surface area (Å²) >= 11 is 0. The Bertz CT molecular complexity index is 315. The van der Waals surface area contributed by atoms with E-state index in [0.717, 1.165) is 0 Å². The zero-order chi connectivity index (χ0) is 10.0. The molecule has 13 heavy (non-hydrogen) atoms. The largest absolute Gasteiger partial charge is 0.390 e. The molecule has 0 aliphatic carbocycles. The monoisotopic (exact) mass is 191 g/mol. The number of aliphatic hydroxyl groups excluding tert-OH is 1. The number of aliphatic hydroxyl groups is 1. The lowest BCUT2D eigenvalue weighted by molar-refractivity contribution is 0.144. The molecule has 0 bridgehead atoms. The molecule has 0 unspecified atom stereocenters. The van der Waals surface area contributed by atoms with E-state index in [1.165, 1.54) is 6.92 Å². The van der Waals surface area contributed by atoms with E-state index in [4.69, 9.17) is 5.11 Å². The smallest absolute Gasteiger partial charge is 0.280 e. The summed E-state index contributed by atoms with van der Waals surface area (Å²) in [5.41, 5.74) is -0.589. The van der Waals surface area contributed by atoms with Crippen molar-refractivity contribution in [2.75, 3.05) is 0 Å². The van der Waals surface area contributed by atoms with Crippen LogP contribution in [0.3, 0.4) is 0 Å². The summed E-state index contributed by atoms with van der Waals surface area (Å²) < 4.78 is 37.1. The van der Waals surface area contributed by atoms with Crippen LogP contribution < -0.4 is 0 Å². The van der Waals surface area contributed by atoms with Crippen LogP contribution in [-0.4, -0.2) is 10.1 Å². The molecule has 0 aliphatic rings. The van der Waals surface area contributed by atoms with E-state index in [9.17, 15) is 13.2 Å². The van der Waals surface area contributed by atoms with E-state index in [1.807, 2.05) is 0 Å². The first-order valence-corrected chi connectivity index (χ1v) is 3.61. The quantitative estimate of drug-likeness (QED) is 0.775. The SMILES string of the molecule is Cc1c(F)cc(C(F)F)nc1CO. The Hall–Kier alpha value is -1.10. The number of nitrogens with zero attached hydrogens (tertiary/aromatic N) is 1. The Morgan fingerprint density at radius 2 is 2.15 bits per heavy atom. The fraction of sp³-hybridized carbons (Fsp3) is 0.375. The van der Waals surface area contributed by atoms with Crippen molar-refractivity contribution >= 4 is 0 Å². The fourth-order valence-electron chi connectivity index (χ4n) is 0.914. The Labute approximate surface area is 73.0 Å². The van der Waals surface area contributed by atoms with E-state index in [0.29, 0.717) is 6.07 Å². The zero-order valence-electron chi connectivity index (χ0n) is 6.89. The molecule has 0 spiro atoms. The highest BCUT2D eigenvalue weighted by atomic mass is 19.3. The molecule has 1 N–H and O–H groups in total. The van der Waals surface area contributed by atoms with Crippen LogP contribution in [0.4, 0.5) is 13.2 Å². The van der Waals surface area contributed by atoms with Gasteiger partial charge in [-0.15, -0.1) is 0 Å². The molecular formula is C8H8F3NO. The molecule has 0 saturated carbocycles. The molecular weight excluding hydrogens is 183 g/mol. The standard InChI is InChI=1S/C8H8F3NO/c1-4-5(9)2-6(8(10)11)12-7(4)3-13/h2,8,13H,3H2,1H3. The molecule has 2 nitrogen and oxygen atoms in total. The Balaban J connectivity index is 3.22. The van der Waals surface area contributed by atoms with Crippen LogP contribution in [0.2, 0.25) is 0 Å². The van der Waals surface area contributed by atoms with Gasteiger partial charge in [-0.3, -0.25) is 0 Å². The van der Waals surface area contributed by atoms with Gasteiger partial charge in [0.05, 0.1) is 12.3 Å². The lowest BCUT2D eigenvalue weighted by Crippen LogP contribution is -2.02. The number of hydrogen-bond donors (Lipinski definition) is 1. The van der Waals surface area contributed by atoms with Crippen LogP contribution in [0.25, 0.3) is 0 Å². The van der Waals surface area contributed by atoms with Gasteiger partial charge >= 0.3 is 0 Å². The average Bonchev–Trinajstić information content (AvgIpc) is 2.09. The van der Waals surface area contributed by atoms with Crippen molar-refractivity contribution < 1.29 is 18.3 Å². The van der Waals surface area contributed by atoms with Gasteiger partial charge in [-0.1, -0.05) is 0 Å². The minimum Gasteiger partial charge on any atom is -0.390 e. The average molecular weight is 191 g/mol. The van der Waals surface area contributed by atoms with Crippen LogP contribution in [0.5, 0.6) is 0 Å². The van der Waals surface area contributed by atoms with Crippen LogP contribution >= 0.6 is 0 Å². The topological polar surface area (TPSA) is 33.1 Å². The predicted molar refractivity (Wildman–Crippen MR) is 39.8 cm³/mol. The first-order chi connectivity index (χ1) is 6.06. The number of pyridine rings is 1. The van der Waals surface area contributed by atoms with Gasteiger partial charge in [0.1, 0.15) is 11.5 Å². The summed E-state index contributed by atoms with van der Waals surface area (Å²) in [7, 11) is 0. The molecule has 1 aromatic heterocycles. The van der Waals surface area contributed by atoms with Gasteiger partial charge in [-0.25, -0.2) is 18.2 Å². The highest BCUT2D eigenvalue weighted by Crippen LogP contribution is 2.20. The Morgan fingerprint density at radius 1 is 1.54 bits per heavy atom. The molecule has 0 aromatic carbocycles. The minimum absolute atomic E-state index is 0.0460. The summed E-state index contributed by atoms with van der Waals surface area (Å²) in [5.74, 6) is -0.769. The number of hydrogen-bond acceptors (Lipinski definition) is 2. The fourth-order valence-corrected chi connectivity index (χ4v) is 0.914. The summed E-state index contributed by atoms with van der Waals surface area (Å²) in [6, 6.07) is 0.680. The van der Waals surface area contributed by atoms with Gasteiger partial charge in [0.25, 0.3) is 6.43 Å². The Kier molecular flexibility index (Phi) is 2.87. The second-order valence-electron chi connectivity index (χ2n) is 2.56. The third-order valence-electron chi connectivity index (χ3n) is 1.70. The maximum absolute atomic E-state index is 12.9. The maximum atomic E-state index is 12.9. The van der Waals surface area contributed by atoms with Crippen molar-refractivity contribution in [1.29, 1.82) is 0 Å². The third kappa shape index (κ3) is 1.98. The predicted octanol–water partition coefficient (Wildman–Crippen LogP) is 1.96. The van der Waals surface area contributed by atoms with Gasteiger partial charge in [0.2, 0.25) is 0 Å². The van der Waals surface area contributed by atoms with Crippen LogP contribution in [0.1, 0.15) is 23.4 Å². The van der Waals surface area contributed by atoms with Gasteiger partial charge in [0.15, 0.2) is 0 Å². The van der Waals surface area contributed by atoms with Gasteiger partial charge in [-0.2, -0.15) is 0 Å². The molecule has 72 valence electrons. The van der Waals surface area contributed by atoms with Crippen LogP contribution in [0, 0.1) is 12.7 Å². The Morgan fingerprint density at radius 3 is 2.62 bits per heavy atom. The number of alkyl halides is 2. The van der Waals surface area contributed by atoms with Crippen molar-refractivity contribution in [2.45, 2.75) is 20.0 Å². The molecule has 5 heteroatoms. The number of aromatic nitrogens is 1. The molecule has 0 fully saturated rings. The summed E-state index contributed by atoms with van der Waals surface area (Å²) in [6.07, 6.45) is -2.82. The molecule has 1 heterocycles. The second-order valence-corrected chi connectivity index (χ2v) is 2.56. The molecule has 0 aliphatic heterocycles. The summed E-state index contributed by atoms with van der Waals surface area (Å²) in [4.78, 5) is 3.41. The van der Waals surface area contributed by atoms with Crippen molar-refractivity contribution in [2.24, 2.45) is 0 Å². The van der Waals surface area contributed by atoms with E-state index in [2.05, 4.69) is 4.98 Å². The van der Waals surface area contributed by atoms with E-state index < -0.39 is 24.5 Å². The van der Waals surface area contributed by atoms with Crippen molar-refractivity contribution in [3.8, 4) is 0 Å². The van der Waals surface area contributed by atoms with Gasteiger partial charge < -0.3 is 5.11 Å². The first-order valence-electron chi connectivity index (χ1n) is 3.61. The summed E-state index contributed by atoms with van der Waals surface area (Å²) in [5, 5.41) is 8.68. The molecule has 1 rings (SSSR count). The van der Waals surface area contributed by atoms with Crippen molar-refractivity contribution in [3.05, 3.63) is 28.8 Å². The maximum Gasteiger partial charge on any atom is 0.280 e. The minimum atomic E-state index is -2.82. The van der Waals surface area contributed by atoms with E-state index in [-0.39, 0.29) is 11.3 Å². The second kappa shape index (κ2) is 3.74. The van der Waals surface area contributed by atoms with Crippen LogP contribution in [-0.2, 0) is 6.61 Å². The van der Waals surface area contributed by atoms with Crippen molar-refractivity contribution in [3.63, 3.8) is 0 Å².